The number of urea groups is 1. The van der Waals surface area contributed by atoms with Crippen molar-refractivity contribution >= 4 is 35.1 Å². The maximum absolute atomic E-state index is 12.5. The first kappa shape index (κ1) is 19.3. The molecule has 1 aromatic rings. The van der Waals surface area contributed by atoms with E-state index in [2.05, 4.69) is 15.5 Å². The molecule has 8 nitrogen and oxygen atoms in total. The summed E-state index contributed by atoms with van der Waals surface area (Å²) in [7, 11) is 1.60. The molecule has 0 saturated carbocycles. The summed E-state index contributed by atoms with van der Waals surface area (Å²) < 4.78 is 5.40. The van der Waals surface area contributed by atoms with Crippen LogP contribution in [-0.2, 0) is 9.59 Å². The van der Waals surface area contributed by atoms with Crippen LogP contribution in [0, 0.1) is 0 Å². The van der Waals surface area contributed by atoms with Gasteiger partial charge in [0.15, 0.2) is 0 Å². The summed E-state index contributed by atoms with van der Waals surface area (Å²) in [4.78, 5) is 39.6. The number of carbonyl (C=O) groups is 3. The lowest BCUT2D eigenvalue weighted by molar-refractivity contribution is -0.132. The van der Waals surface area contributed by atoms with E-state index in [4.69, 9.17) is 16.3 Å². The van der Waals surface area contributed by atoms with Gasteiger partial charge in [0.1, 0.15) is 11.3 Å². The summed E-state index contributed by atoms with van der Waals surface area (Å²) in [6.45, 7) is 4.15. The molecule has 27 heavy (non-hydrogen) atoms. The molecule has 0 spiro atoms. The molecule has 2 heterocycles. The number of anilines is 1. The van der Waals surface area contributed by atoms with E-state index in [1.807, 2.05) is 12.1 Å². The second-order valence-corrected chi connectivity index (χ2v) is 7.36. The van der Waals surface area contributed by atoms with Crippen LogP contribution in [0.15, 0.2) is 18.2 Å². The minimum Gasteiger partial charge on any atom is -0.495 e. The molecule has 2 N–H and O–H groups in total. The largest absolute Gasteiger partial charge is 0.495 e. The van der Waals surface area contributed by atoms with Gasteiger partial charge >= 0.3 is 6.03 Å². The molecule has 2 aliphatic rings. The van der Waals surface area contributed by atoms with E-state index in [-0.39, 0.29) is 24.7 Å². The van der Waals surface area contributed by atoms with Crippen LogP contribution in [0.1, 0.15) is 19.8 Å². The molecule has 9 heteroatoms. The molecular formula is C18H23ClN4O4. The third kappa shape index (κ3) is 4.10. The Morgan fingerprint density at radius 1 is 1.26 bits per heavy atom. The predicted octanol–water partition coefficient (Wildman–Crippen LogP) is 1.38. The molecule has 2 fully saturated rings. The number of nitrogens with one attached hydrogen (secondary N) is 2. The molecule has 3 rings (SSSR count). The average molecular weight is 395 g/mol. The van der Waals surface area contributed by atoms with Crippen LogP contribution in [-0.4, -0.2) is 61.6 Å². The summed E-state index contributed by atoms with van der Waals surface area (Å²) in [5.74, 6) is 0.297. The van der Waals surface area contributed by atoms with Crippen molar-refractivity contribution in [3.8, 4) is 5.75 Å². The van der Waals surface area contributed by atoms with Crippen molar-refractivity contribution in [3.63, 3.8) is 0 Å². The lowest BCUT2D eigenvalue weighted by atomic mass is 9.96. The molecule has 0 radical (unpaired) electrons. The summed E-state index contributed by atoms with van der Waals surface area (Å²) in [5.41, 5.74) is -0.0718. The Kier molecular flexibility index (Phi) is 5.46. The van der Waals surface area contributed by atoms with Gasteiger partial charge in [-0.15, -0.1) is 0 Å². The zero-order valence-electron chi connectivity index (χ0n) is 15.4. The van der Waals surface area contributed by atoms with Gasteiger partial charge in [0.25, 0.3) is 5.91 Å². The van der Waals surface area contributed by atoms with Crippen molar-refractivity contribution < 1.29 is 19.1 Å². The van der Waals surface area contributed by atoms with Crippen LogP contribution in [0.3, 0.4) is 0 Å². The first-order valence-electron chi connectivity index (χ1n) is 8.82. The van der Waals surface area contributed by atoms with Crippen LogP contribution in [0.25, 0.3) is 0 Å². The maximum Gasteiger partial charge on any atom is 0.322 e. The average Bonchev–Trinajstić information content (AvgIpc) is 2.91. The molecule has 0 bridgehead atoms. The van der Waals surface area contributed by atoms with E-state index >= 15 is 0 Å². The Morgan fingerprint density at radius 3 is 2.56 bits per heavy atom. The van der Waals surface area contributed by atoms with Gasteiger partial charge < -0.3 is 19.9 Å². The summed E-state index contributed by atoms with van der Waals surface area (Å²) in [6.07, 6.45) is 0.475. The third-order valence-electron chi connectivity index (χ3n) is 5.07. The molecule has 1 aromatic carbocycles. The number of methoxy groups -OCH3 is 1. The first-order valence-corrected chi connectivity index (χ1v) is 9.20. The highest BCUT2D eigenvalue weighted by Gasteiger charge is 2.42. The number of amides is 4. The van der Waals surface area contributed by atoms with E-state index in [0.717, 1.165) is 5.69 Å². The number of hydrogen-bond acceptors (Lipinski definition) is 5. The Bertz CT molecular complexity index is 764. The minimum absolute atomic E-state index is 0.0205. The fraction of sp³-hybridized carbons (Fsp3) is 0.500. The van der Waals surface area contributed by atoms with E-state index in [1.165, 1.54) is 0 Å². The zero-order chi connectivity index (χ0) is 19.6. The Balaban J connectivity index is 1.54. The maximum atomic E-state index is 12.5. The third-order valence-corrected chi connectivity index (χ3v) is 5.31. The molecular weight excluding hydrogens is 372 g/mol. The summed E-state index contributed by atoms with van der Waals surface area (Å²) >= 11 is 6.01. The molecule has 0 unspecified atom stereocenters. The van der Waals surface area contributed by atoms with Crippen molar-refractivity contribution in [3.05, 3.63) is 23.2 Å². The lowest BCUT2D eigenvalue weighted by Gasteiger charge is -2.37. The number of halogens is 1. The summed E-state index contributed by atoms with van der Waals surface area (Å²) in [5, 5.41) is 5.40. The Morgan fingerprint density at radius 2 is 1.96 bits per heavy atom. The Labute approximate surface area is 162 Å². The SMILES string of the molecule is COc1cc(Cl)ccc1N1CCN(C(=O)CC[C@@]2(C)NC(=O)NC2=O)CC1. The molecule has 0 aliphatic carbocycles. The van der Waals surface area contributed by atoms with Crippen molar-refractivity contribution in [2.24, 2.45) is 0 Å². The monoisotopic (exact) mass is 394 g/mol. The van der Waals surface area contributed by atoms with Gasteiger partial charge in [-0.05, 0) is 25.5 Å². The predicted molar refractivity (Wildman–Crippen MR) is 101 cm³/mol. The van der Waals surface area contributed by atoms with Crippen molar-refractivity contribution in [1.29, 1.82) is 0 Å². The van der Waals surface area contributed by atoms with Gasteiger partial charge in [0.2, 0.25) is 5.91 Å². The molecule has 2 aliphatic heterocycles. The van der Waals surface area contributed by atoms with Crippen molar-refractivity contribution in [2.45, 2.75) is 25.3 Å². The van der Waals surface area contributed by atoms with E-state index in [9.17, 15) is 14.4 Å². The fourth-order valence-electron chi connectivity index (χ4n) is 3.38. The number of rotatable bonds is 5. The fourth-order valence-corrected chi connectivity index (χ4v) is 3.54. The van der Waals surface area contributed by atoms with Crippen LogP contribution >= 0.6 is 11.6 Å². The number of ether oxygens (including phenoxy) is 1. The molecule has 1 atom stereocenters. The number of hydrogen-bond donors (Lipinski definition) is 2. The highest BCUT2D eigenvalue weighted by Crippen LogP contribution is 2.31. The van der Waals surface area contributed by atoms with Gasteiger partial charge in [0.05, 0.1) is 12.8 Å². The van der Waals surface area contributed by atoms with Gasteiger partial charge in [-0.2, -0.15) is 0 Å². The molecule has 2 saturated heterocycles. The van der Waals surface area contributed by atoms with E-state index < -0.39 is 11.6 Å². The lowest BCUT2D eigenvalue weighted by Crippen LogP contribution is -2.50. The summed E-state index contributed by atoms with van der Waals surface area (Å²) in [6, 6.07) is 5.00. The quantitative estimate of drug-likeness (QED) is 0.736. The van der Waals surface area contributed by atoms with Crippen LogP contribution in [0.2, 0.25) is 5.02 Å². The van der Waals surface area contributed by atoms with Crippen LogP contribution in [0.4, 0.5) is 10.5 Å². The molecule has 146 valence electrons. The van der Waals surface area contributed by atoms with E-state index in [0.29, 0.717) is 37.0 Å². The topological polar surface area (TPSA) is 91.0 Å². The van der Waals surface area contributed by atoms with Crippen molar-refractivity contribution in [1.82, 2.24) is 15.5 Å². The highest BCUT2D eigenvalue weighted by molar-refractivity contribution is 6.30. The second kappa shape index (κ2) is 7.64. The number of carbonyl (C=O) groups excluding carboxylic acids is 3. The van der Waals surface area contributed by atoms with Gasteiger partial charge in [0, 0.05) is 43.7 Å². The van der Waals surface area contributed by atoms with Gasteiger partial charge in [-0.3, -0.25) is 14.9 Å². The van der Waals surface area contributed by atoms with Crippen molar-refractivity contribution in [2.75, 3.05) is 38.2 Å². The Hall–Kier alpha value is -2.48. The minimum atomic E-state index is -1.02. The highest BCUT2D eigenvalue weighted by atomic mass is 35.5. The second-order valence-electron chi connectivity index (χ2n) is 6.92. The van der Waals surface area contributed by atoms with Gasteiger partial charge in [-0.25, -0.2) is 4.79 Å². The standard InChI is InChI=1S/C18H23ClN4O4/c1-18(16(25)20-17(26)21-18)6-5-15(24)23-9-7-22(8-10-23)13-4-3-12(19)11-14(13)27-2/h3-4,11H,5-10H2,1-2H3,(H2,20,21,25,26)/t18-/m1/s1. The van der Waals surface area contributed by atoms with Gasteiger partial charge in [-0.1, -0.05) is 11.6 Å². The number of imide groups is 1. The number of nitrogens with zero attached hydrogens (tertiary/aromatic N) is 2. The number of piperazine rings is 1. The smallest absolute Gasteiger partial charge is 0.322 e. The van der Waals surface area contributed by atoms with Crippen LogP contribution < -0.4 is 20.3 Å². The van der Waals surface area contributed by atoms with Crippen LogP contribution in [0.5, 0.6) is 5.75 Å². The normalized spacial score (nSPS) is 22.5. The molecule has 0 aromatic heterocycles. The zero-order valence-corrected chi connectivity index (χ0v) is 16.1. The first-order chi connectivity index (χ1) is 12.8. The number of benzene rings is 1. The van der Waals surface area contributed by atoms with E-state index in [1.54, 1.807) is 25.0 Å². The molecule has 4 amide bonds.